The van der Waals surface area contributed by atoms with Gasteiger partial charge >= 0.3 is 18.2 Å². The summed E-state index contributed by atoms with van der Waals surface area (Å²) in [5.74, 6) is 4.00. The number of hydrogen-bond donors (Lipinski definition) is 4. The van der Waals surface area contributed by atoms with E-state index < -0.39 is 47.3 Å². The maximum absolute atomic E-state index is 13.9. The van der Waals surface area contributed by atoms with E-state index in [1.807, 2.05) is 97.1 Å². The summed E-state index contributed by atoms with van der Waals surface area (Å²) in [6.45, 7) is 11.3. The van der Waals surface area contributed by atoms with Gasteiger partial charge in [-0.25, -0.2) is 20.2 Å². The van der Waals surface area contributed by atoms with Crippen molar-refractivity contribution < 1.29 is 43.0 Å². The van der Waals surface area contributed by atoms with Crippen molar-refractivity contribution >= 4 is 47.3 Å². The molecule has 0 saturated carbocycles. The molecule has 6 aromatic rings. The number of nitrogens with one attached hydrogen (secondary N) is 3. The van der Waals surface area contributed by atoms with E-state index in [2.05, 4.69) is 26.0 Å². The van der Waals surface area contributed by atoms with Gasteiger partial charge in [0.15, 0.2) is 0 Å². The summed E-state index contributed by atoms with van der Waals surface area (Å²) < 4.78 is 15.9. The third-order valence-electron chi connectivity index (χ3n) is 12.1. The van der Waals surface area contributed by atoms with E-state index in [-0.39, 0.29) is 18.2 Å². The number of alkyl carbamates (subject to hydrolysis) is 2. The molecule has 0 spiro atoms. The summed E-state index contributed by atoms with van der Waals surface area (Å²) in [6, 6.07) is 31.9. The summed E-state index contributed by atoms with van der Waals surface area (Å²) in [6.07, 6.45) is 6.87. The van der Waals surface area contributed by atoms with E-state index >= 15 is 0 Å². The van der Waals surface area contributed by atoms with Gasteiger partial charge < -0.3 is 34.6 Å². The molecule has 2 aliphatic rings. The fourth-order valence-electron chi connectivity index (χ4n) is 8.84. The van der Waals surface area contributed by atoms with Crippen LogP contribution in [0.3, 0.4) is 0 Å². The standard InChI is InChI=1S/C29H31N3O5.C28H31N5O4/c1-29(2,3)37-28(35)31-24(16-19-8-6-5-7-9-19)26(33)32-15-12-22-23(27(34)36-4)17-21(18-25(22)32)20-10-13-30-14-11-20;1-28(2,3)37-27(36)31-23(15-18-7-5-4-6-8-18)26(35)33-14-11-21-22(25(34)32-29)16-20(17-24(21)33)19-9-12-30-13-10-19/h5-11,13-14,17-18,24H,12,15-16H2,1-4H3,(H,31,35);4-10,12-13,16-17,23H,11,14-15,29H2,1-3H3,(H,31,36)(H,32,34)/t24-;23-/m00/s1. The molecule has 0 aliphatic carbocycles. The molecule has 5 N–H and O–H groups in total. The average Bonchev–Trinajstić information content (AvgIpc) is 4.02. The fraction of sp³-hybridized carbons (Fsp3) is 0.298. The molecule has 4 aromatic carbocycles. The van der Waals surface area contributed by atoms with Crippen molar-refractivity contribution in [3.05, 3.63) is 167 Å². The number of anilines is 2. The Hall–Kier alpha value is -8.44. The number of benzene rings is 4. The number of ether oxygens (including phenoxy) is 3. The highest BCUT2D eigenvalue weighted by Crippen LogP contribution is 2.38. The molecule has 2 aromatic heterocycles. The Morgan fingerprint density at radius 2 is 0.959 bits per heavy atom. The van der Waals surface area contributed by atoms with E-state index in [0.717, 1.165) is 44.5 Å². The van der Waals surface area contributed by atoms with Crippen molar-refractivity contribution in [3.63, 3.8) is 0 Å². The number of amides is 5. The number of carbonyl (C=O) groups is 6. The zero-order valence-corrected chi connectivity index (χ0v) is 42.6. The average molecular weight is 1000 g/mol. The predicted molar refractivity (Wildman–Crippen MR) is 281 cm³/mol. The normalized spacial score (nSPS) is 13.5. The van der Waals surface area contributed by atoms with Crippen LogP contribution in [0.1, 0.15) is 84.5 Å². The lowest BCUT2D eigenvalue weighted by molar-refractivity contribution is -0.121. The number of rotatable bonds is 12. The lowest BCUT2D eigenvalue weighted by Gasteiger charge is -2.27. The third-order valence-corrected chi connectivity index (χ3v) is 12.1. The number of methoxy groups -OCH3 is 1. The van der Waals surface area contributed by atoms with Gasteiger partial charge in [-0.2, -0.15) is 0 Å². The number of carbonyl (C=O) groups excluding carboxylic acids is 6. The Morgan fingerprint density at radius 3 is 1.34 bits per heavy atom. The molecule has 0 fully saturated rings. The Labute approximate surface area is 430 Å². The third kappa shape index (κ3) is 13.5. The van der Waals surface area contributed by atoms with Crippen molar-refractivity contribution in [1.29, 1.82) is 0 Å². The molecule has 0 unspecified atom stereocenters. The summed E-state index contributed by atoms with van der Waals surface area (Å²) in [7, 11) is 1.34. The molecule has 2 atom stereocenters. The molecule has 8 rings (SSSR count). The minimum Gasteiger partial charge on any atom is -0.465 e. The van der Waals surface area contributed by atoms with Crippen LogP contribution in [0.15, 0.2) is 134 Å². The number of hydrogen-bond acceptors (Lipinski definition) is 12. The molecule has 2 aliphatic heterocycles. The molecule has 0 saturated heterocycles. The SMILES string of the molecule is CC(C)(C)OC(=O)N[C@@H](Cc1ccccc1)C(=O)N1CCc2c(C(=O)NN)cc(-c3ccncc3)cc21.COC(=O)c1cc(-c2ccncc2)cc2c1CCN2C(=O)[C@H](Cc1ccccc1)NC(=O)OC(C)(C)C. The van der Waals surface area contributed by atoms with Crippen LogP contribution in [0, 0.1) is 0 Å². The first-order chi connectivity index (χ1) is 35.3. The number of esters is 1. The first-order valence-corrected chi connectivity index (χ1v) is 24.3. The van der Waals surface area contributed by atoms with Crippen LogP contribution in [0.2, 0.25) is 0 Å². The second kappa shape index (κ2) is 23.4. The van der Waals surface area contributed by atoms with Crippen molar-refractivity contribution in [2.45, 2.75) is 90.5 Å². The van der Waals surface area contributed by atoms with E-state index in [0.29, 0.717) is 54.9 Å². The number of aromatic nitrogens is 2. The Morgan fingerprint density at radius 1 is 0.568 bits per heavy atom. The zero-order valence-electron chi connectivity index (χ0n) is 42.6. The number of nitrogens with two attached hydrogens (primary N) is 1. The van der Waals surface area contributed by atoms with Gasteiger partial charge in [-0.1, -0.05) is 60.7 Å². The number of fused-ring (bicyclic) bond motifs is 2. The number of pyridine rings is 2. The van der Waals surface area contributed by atoms with Gasteiger partial charge in [-0.15, -0.1) is 0 Å². The van der Waals surface area contributed by atoms with Gasteiger partial charge in [-0.05, 0) is 147 Å². The van der Waals surface area contributed by atoms with Crippen LogP contribution in [-0.4, -0.2) is 89.3 Å². The van der Waals surface area contributed by atoms with Gasteiger partial charge in [0.05, 0.1) is 12.7 Å². The number of nitrogens with zero attached hydrogens (tertiary/aromatic N) is 4. The van der Waals surface area contributed by atoms with Gasteiger partial charge in [0, 0.05) is 67.7 Å². The first-order valence-electron chi connectivity index (χ1n) is 24.3. The minimum atomic E-state index is -0.875. The summed E-state index contributed by atoms with van der Waals surface area (Å²) >= 11 is 0. The van der Waals surface area contributed by atoms with E-state index in [4.69, 9.17) is 20.1 Å². The van der Waals surface area contributed by atoms with Crippen LogP contribution in [0.5, 0.6) is 0 Å². The largest absolute Gasteiger partial charge is 0.465 e. The molecule has 384 valence electrons. The molecule has 0 bridgehead atoms. The van der Waals surface area contributed by atoms with E-state index in [1.165, 1.54) is 7.11 Å². The Kier molecular flexibility index (Phi) is 16.9. The van der Waals surface area contributed by atoms with Crippen molar-refractivity contribution in [2.75, 3.05) is 30.0 Å². The number of hydrazine groups is 1. The van der Waals surface area contributed by atoms with Crippen molar-refractivity contribution in [3.8, 4) is 22.3 Å². The predicted octanol–water partition coefficient (Wildman–Crippen LogP) is 7.94. The van der Waals surface area contributed by atoms with Crippen molar-refractivity contribution in [2.24, 2.45) is 5.84 Å². The fourth-order valence-corrected chi connectivity index (χ4v) is 8.84. The molecule has 17 nitrogen and oxygen atoms in total. The van der Waals surface area contributed by atoms with Crippen LogP contribution < -0.4 is 31.7 Å². The van der Waals surface area contributed by atoms with Crippen LogP contribution >= 0.6 is 0 Å². The highest BCUT2D eigenvalue weighted by atomic mass is 16.6. The zero-order chi connectivity index (χ0) is 53.2. The smallest absolute Gasteiger partial charge is 0.408 e. The molecule has 4 heterocycles. The van der Waals surface area contributed by atoms with Crippen LogP contribution in [0.4, 0.5) is 21.0 Å². The molecule has 0 radical (unpaired) electrons. The van der Waals surface area contributed by atoms with Gasteiger partial charge in [-0.3, -0.25) is 29.8 Å². The van der Waals surface area contributed by atoms with E-state index in [9.17, 15) is 28.8 Å². The monoisotopic (exact) mass is 1000 g/mol. The first kappa shape index (κ1) is 53.4. The minimum absolute atomic E-state index is 0.281. The lowest BCUT2D eigenvalue weighted by atomic mass is 9.97. The quantitative estimate of drug-likeness (QED) is 0.0302. The summed E-state index contributed by atoms with van der Waals surface area (Å²) in [5.41, 5.74) is 9.33. The Bertz CT molecular complexity index is 2780. The van der Waals surface area contributed by atoms with Gasteiger partial charge in [0.25, 0.3) is 5.91 Å². The summed E-state index contributed by atoms with van der Waals surface area (Å²) in [4.78, 5) is 89.9. The van der Waals surface area contributed by atoms with Crippen molar-refractivity contribution in [1.82, 2.24) is 26.0 Å². The molecular formula is C57H62N8O9. The lowest BCUT2D eigenvalue weighted by Crippen LogP contribution is -2.50. The second-order valence-corrected chi connectivity index (χ2v) is 19.7. The maximum atomic E-state index is 13.9. The second-order valence-electron chi connectivity index (χ2n) is 19.7. The van der Waals surface area contributed by atoms with Crippen LogP contribution in [-0.2, 0) is 49.5 Å². The van der Waals surface area contributed by atoms with Gasteiger partial charge in [0.1, 0.15) is 23.3 Å². The highest BCUT2D eigenvalue weighted by Gasteiger charge is 2.37. The molecule has 74 heavy (non-hydrogen) atoms. The maximum Gasteiger partial charge on any atom is 0.408 e. The van der Waals surface area contributed by atoms with Gasteiger partial charge in [0.2, 0.25) is 11.8 Å². The van der Waals surface area contributed by atoms with Crippen LogP contribution in [0.25, 0.3) is 22.3 Å². The number of nitrogen functional groups attached to an aromatic ring is 1. The molecular weight excluding hydrogens is 941 g/mol. The highest BCUT2D eigenvalue weighted by molar-refractivity contribution is 6.06. The topological polar surface area (TPSA) is 224 Å². The summed E-state index contributed by atoms with van der Waals surface area (Å²) in [5, 5.41) is 5.54. The molecule has 17 heteroatoms. The van der Waals surface area contributed by atoms with E-state index in [1.54, 1.807) is 88.3 Å². The Balaban J connectivity index is 0.000000216. The molecule has 5 amide bonds.